The summed E-state index contributed by atoms with van der Waals surface area (Å²) >= 11 is 2.18. The Bertz CT molecular complexity index is 695. The molecule has 1 fully saturated rings. The number of alkyl halides is 4. The van der Waals surface area contributed by atoms with Gasteiger partial charge in [-0.1, -0.05) is 36.4 Å². The summed E-state index contributed by atoms with van der Waals surface area (Å²) in [6, 6.07) is 0. The van der Waals surface area contributed by atoms with Crippen LogP contribution in [0.2, 0.25) is 0 Å². The number of aromatic nitrogens is 2. The third-order valence-corrected chi connectivity index (χ3v) is 5.47. The average molecular weight is 477 g/mol. The van der Waals surface area contributed by atoms with Crippen molar-refractivity contribution in [2.75, 3.05) is 5.73 Å². The Hall–Kier alpha value is -0.920. The molecule has 2 unspecified atom stereocenters. The minimum Gasteiger partial charge on any atom is -0.388 e. The third kappa shape index (κ3) is 4.26. The molecule has 25 heavy (non-hydrogen) atoms. The van der Waals surface area contributed by atoms with Gasteiger partial charge in [0, 0.05) is 9.62 Å². The fourth-order valence-corrected chi connectivity index (χ4v) is 3.01. The highest BCUT2D eigenvalue weighted by Crippen LogP contribution is 2.38. The van der Waals surface area contributed by atoms with E-state index < -0.39 is 47.8 Å². The number of aliphatic hydroxyl groups excluding tert-OH is 2. The van der Waals surface area contributed by atoms with E-state index in [4.69, 9.17) is 10.5 Å². The van der Waals surface area contributed by atoms with Crippen LogP contribution >= 0.6 is 22.6 Å². The zero-order chi connectivity index (χ0) is 19.2. The molecule has 7 nitrogen and oxygen atoms in total. The zero-order valence-electron chi connectivity index (χ0n) is 13.5. The van der Waals surface area contributed by atoms with E-state index in [9.17, 15) is 28.2 Å². The first-order chi connectivity index (χ1) is 11.4. The lowest BCUT2D eigenvalue weighted by Crippen LogP contribution is -2.37. The molecule has 5 atom stereocenters. The van der Waals surface area contributed by atoms with Crippen molar-refractivity contribution in [2.45, 2.75) is 60.8 Å². The van der Waals surface area contributed by atoms with E-state index in [1.54, 1.807) is 0 Å². The summed E-state index contributed by atoms with van der Waals surface area (Å²) in [4.78, 5) is 15.1. The Morgan fingerprint density at radius 3 is 2.52 bits per heavy atom. The van der Waals surface area contributed by atoms with Crippen molar-refractivity contribution in [3.8, 4) is 0 Å². The SMILES string of the molecule is CCC(C)(I)C[C@H]1OC(n2cc(C(F)(F)F)c(N)nc2=O)[C@H](O)[C@@H]1O. The molecule has 1 aliphatic heterocycles. The Balaban J connectivity index is 2.38. The molecule has 0 radical (unpaired) electrons. The van der Waals surface area contributed by atoms with E-state index in [0.717, 1.165) is 6.42 Å². The monoisotopic (exact) mass is 477 g/mol. The molecule has 0 amide bonds. The van der Waals surface area contributed by atoms with Gasteiger partial charge in [0.25, 0.3) is 0 Å². The molecule has 0 bridgehead atoms. The van der Waals surface area contributed by atoms with Crippen LogP contribution in [0.1, 0.15) is 38.5 Å². The molecule has 4 N–H and O–H groups in total. The zero-order valence-corrected chi connectivity index (χ0v) is 15.7. The summed E-state index contributed by atoms with van der Waals surface area (Å²) in [5.74, 6) is -0.954. The lowest BCUT2D eigenvalue weighted by atomic mass is 9.97. The van der Waals surface area contributed by atoms with Crippen LogP contribution in [0, 0.1) is 0 Å². The predicted molar refractivity (Wildman–Crippen MR) is 91.2 cm³/mol. The molecule has 11 heteroatoms. The van der Waals surface area contributed by atoms with Crippen LogP contribution in [-0.2, 0) is 10.9 Å². The molecule has 1 aromatic rings. The van der Waals surface area contributed by atoms with Gasteiger partial charge in [0.1, 0.15) is 23.6 Å². The summed E-state index contributed by atoms with van der Waals surface area (Å²) in [7, 11) is 0. The first-order valence-electron chi connectivity index (χ1n) is 7.53. The van der Waals surface area contributed by atoms with E-state index in [1.807, 2.05) is 13.8 Å². The number of nitrogens with zero attached hydrogens (tertiary/aromatic N) is 2. The van der Waals surface area contributed by atoms with Gasteiger partial charge in [0.05, 0.1) is 6.10 Å². The van der Waals surface area contributed by atoms with Gasteiger partial charge < -0.3 is 20.7 Å². The second kappa shape index (κ2) is 7.00. The topological polar surface area (TPSA) is 111 Å². The molecular formula is C14H19F3IN3O4. The van der Waals surface area contributed by atoms with Crippen molar-refractivity contribution in [1.82, 2.24) is 9.55 Å². The van der Waals surface area contributed by atoms with Crippen LogP contribution in [0.4, 0.5) is 19.0 Å². The van der Waals surface area contributed by atoms with E-state index in [2.05, 4.69) is 27.6 Å². The second-order valence-corrected chi connectivity index (χ2v) is 8.85. The molecule has 142 valence electrons. The van der Waals surface area contributed by atoms with E-state index in [-0.39, 0.29) is 3.42 Å². The summed E-state index contributed by atoms with van der Waals surface area (Å²) in [6.07, 6.45) is -8.49. The van der Waals surface area contributed by atoms with E-state index in [0.29, 0.717) is 17.2 Å². The molecule has 0 spiro atoms. The molecule has 1 aliphatic rings. The first-order valence-corrected chi connectivity index (χ1v) is 8.61. The van der Waals surface area contributed by atoms with Gasteiger partial charge in [-0.2, -0.15) is 18.2 Å². The molecule has 0 aromatic carbocycles. The van der Waals surface area contributed by atoms with Crippen LogP contribution < -0.4 is 11.4 Å². The first kappa shape index (κ1) is 20.4. The highest BCUT2D eigenvalue weighted by atomic mass is 127. The number of hydrogen-bond acceptors (Lipinski definition) is 6. The summed E-state index contributed by atoms with van der Waals surface area (Å²) in [5, 5.41) is 20.3. The number of anilines is 1. The lowest BCUT2D eigenvalue weighted by molar-refractivity contribution is -0.138. The summed E-state index contributed by atoms with van der Waals surface area (Å²) in [5.41, 5.74) is 2.75. The van der Waals surface area contributed by atoms with E-state index in [1.165, 1.54) is 0 Å². The number of nitrogens with two attached hydrogens (primary N) is 1. The van der Waals surface area contributed by atoms with Crippen molar-refractivity contribution in [3.63, 3.8) is 0 Å². The Labute approximate surface area is 155 Å². The van der Waals surface area contributed by atoms with Crippen LogP contribution in [0.3, 0.4) is 0 Å². The fraction of sp³-hybridized carbons (Fsp3) is 0.714. The van der Waals surface area contributed by atoms with Crippen molar-refractivity contribution in [1.29, 1.82) is 0 Å². The largest absolute Gasteiger partial charge is 0.421 e. The standard InChI is InChI=1S/C14H19F3IN3O4/c1-3-13(2,18)4-7-8(22)9(23)11(25-7)21-5-6(14(15,16)17)10(19)20-12(21)24/h5,7-9,11,22-23H,3-4H2,1-2H3,(H2,19,20,24)/t7-,8-,9-,11?,13?/m1/s1. The Kier molecular flexibility index (Phi) is 5.71. The van der Waals surface area contributed by atoms with Gasteiger partial charge >= 0.3 is 11.9 Å². The van der Waals surface area contributed by atoms with Crippen LogP contribution in [-0.4, -0.2) is 41.5 Å². The van der Waals surface area contributed by atoms with Crippen molar-refractivity contribution in [3.05, 3.63) is 22.2 Å². The number of aliphatic hydroxyl groups is 2. The number of rotatable bonds is 4. The van der Waals surface area contributed by atoms with Crippen LogP contribution in [0.25, 0.3) is 0 Å². The molecule has 0 saturated carbocycles. The van der Waals surface area contributed by atoms with Gasteiger partial charge in [0.2, 0.25) is 0 Å². The minimum atomic E-state index is -4.82. The van der Waals surface area contributed by atoms with Crippen molar-refractivity contribution in [2.24, 2.45) is 0 Å². The van der Waals surface area contributed by atoms with Gasteiger partial charge in [-0.25, -0.2) is 4.79 Å². The Morgan fingerprint density at radius 2 is 2.00 bits per heavy atom. The normalized spacial score (nSPS) is 29.6. The molecule has 0 aliphatic carbocycles. The van der Waals surface area contributed by atoms with Crippen LogP contribution in [0.5, 0.6) is 0 Å². The third-order valence-electron chi connectivity index (χ3n) is 4.26. The van der Waals surface area contributed by atoms with Gasteiger partial charge in [0.15, 0.2) is 6.23 Å². The molecule has 2 heterocycles. The fourth-order valence-electron chi connectivity index (χ4n) is 2.57. The molecular weight excluding hydrogens is 458 g/mol. The minimum absolute atomic E-state index is 0.251. The number of hydrogen-bond donors (Lipinski definition) is 3. The molecule has 1 aromatic heterocycles. The number of ether oxygens (including phenoxy) is 1. The highest BCUT2D eigenvalue weighted by Gasteiger charge is 2.46. The van der Waals surface area contributed by atoms with Crippen molar-refractivity contribution < 1.29 is 28.1 Å². The lowest BCUT2D eigenvalue weighted by Gasteiger charge is -2.25. The number of halogens is 4. The smallest absolute Gasteiger partial charge is 0.388 e. The summed E-state index contributed by atoms with van der Waals surface area (Å²) < 4.78 is 44.7. The Morgan fingerprint density at radius 1 is 1.40 bits per heavy atom. The summed E-state index contributed by atoms with van der Waals surface area (Å²) in [6.45, 7) is 3.85. The predicted octanol–water partition coefficient (Wildman–Crippen LogP) is 1.46. The molecule has 2 rings (SSSR count). The maximum Gasteiger partial charge on any atom is 0.421 e. The average Bonchev–Trinajstić information content (AvgIpc) is 2.74. The van der Waals surface area contributed by atoms with Gasteiger partial charge in [-0.3, -0.25) is 4.57 Å². The van der Waals surface area contributed by atoms with Gasteiger partial charge in [-0.05, 0) is 12.8 Å². The maximum atomic E-state index is 13.0. The molecule has 1 saturated heterocycles. The van der Waals surface area contributed by atoms with Gasteiger partial charge in [-0.15, -0.1) is 0 Å². The van der Waals surface area contributed by atoms with Crippen molar-refractivity contribution >= 4 is 28.4 Å². The highest BCUT2D eigenvalue weighted by molar-refractivity contribution is 14.1. The van der Waals surface area contributed by atoms with E-state index >= 15 is 0 Å². The number of nitrogen functional groups attached to an aromatic ring is 1. The van der Waals surface area contributed by atoms with Crippen LogP contribution in [0.15, 0.2) is 11.0 Å². The second-order valence-electron chi connectivity index (χ2n) is 6.24. The maximum absolute atomic E-state index is 13.0. The quantitative estimate of drug-likeness (QED) is 0.448.